The number of sulfonamides is 1. The number of carbonyl (C=O) groups excluding carboxylic acids is 1. The van der Waals surface area contributed by atoms with Gasteiger partial charge in [-0.25, -0.2) is 17.5 Å². The first-order valence-electron chi connectivity index (χ1n) is 7.59. The van der Waals surface area contributed by atoms with E-state index < -0.39 is 16.1 Å². The van der Waals surface area contributed by atoms with Crippen molar-refractivity contribution in [3.63, 3.8) is 0 Å². The van der Waals surface area contributed by atoms with Gasteiger partial charge in [0.15, 0.2) is 0 Å². The van der Waals surface area contributed by atoms with Crippen LogP contribution in [-0.4, -0.2) is 45.9 Å². The number of rotatable bonds is 5. The van der Waals surface area contributed by atoms with E-state index in [0.29, 0.717) is 18.9 Å². The minimum atomic E-state index is -3.50. The molecule has 2 aliphatic heterocycles. The predicted molar refractivity (Wildman–Crippen MR) is 83.0 cm³/mol. The van der Waals surface area contributed by atoms with E-state index in [0.717, 1.165) is 12.8 Å². The molecule has 126 valence electrons. The van der Waals surface area contributed by atoms with Crippen molar-refractivity contribution in [1.82, 2.24) is 4.72 Å². The lowest BCUT2D eigenvalue weighted by Gasteiger charge is -2.38. The number of nitrogens with one attached hydrogen (secondary N) is 1. The first kappa shape index (κ1) is 16.4. The fourth-order valence-corrected chi connectivity index (χ4v) is 4.51. The third-order valence-electron chi connectivity index (χ3n) is 4.19. The van der Waals surface area contributed by atoms with Crippen LogP contribution in [0.2, 0.25) is 0 Å². The van der Waals surface area contributed by atoms with E-state index >= 15 is 0 Å². The van der Waals surface area contributed by atoms with Gasteiger partial charge in [-0.05, 0) is 43.0 Å². The summed E-state index contributed by atoms with van der Waals surface area (Å²) < 4.78 is 44.9. The molecule has 0 saturated carbocycles. The molecule has 0 aromatic heterocycles. The molecular formula is C15H19FN2O4S. The number of anilines is 1. The average Bonchev–Trinajstić information content (AvgIpc) is 2.52. The van der Waals surface area contributed by atoms with Gasteiger partial charge in [-0.3, -0.25) is 4.79 Å². The zero-order valence-corrected chi connectivity index (χ0v) is 13.4. The van der Waals surface area contributed by atoms with Crippen LogP contribution in [0, 0.1) is 11.7 Å². The van der Waals surface area contributed by atoms with Crippen LogP contribution in [0.15, 0.2) is 24.3 Å². The number of ether oxygens (including phenoxy) is 1. The number of benzene rings is 1. The second-order valence-corrected chi connectivity index (χ2v) is 7.73. The quantitative estimate of drug-likeness (QED) is 0.806. The summed E-state index contributed by atoms with van der Waals surface area (Å²) in [6.45, 7) is 1.43. The Morgan fingerprint density at radius 3 is 2.48 bits per heavy atom. The molecule has 0 aliphatic carbocycles. The van der Waals surface area contributed by atoms with Crippen LogP contribution < -0.4 is 9.62 Å². The number of halogens is 1. The zero-order valence-electron chi connectivity index (χ0n) is 12.6. The molecule has 3 rings (SSSR count). The Morgan fingerprint density at radius 2 is 1.87 bits per heavy atom. The van der Waals surface area contributed by atoms with Crippen molar-refractivity contribution in [2.45, 2.75) is 18.9 Å². The number of β-lactam (4-membered cyclic amide) rings is 1. The molecule has 8 heteroatoms. The van der Waals surface area contributed by atoms with E-state index in [1.165, 1.54) is 29.2 Å². The van der Waals surface area contributed by atoms with Crippen molar-refractivity contribution >= 4 is 21.6 Å². The lowest BCUT2D eigenvalue weighted by molar-refractivity contribution is -0.124. The Balaban J connectivity index is 1.55. The van der Waals surface area contributed by atoms with Crippen LogP contribution in [0.1, 0.15) is 12.8 Å². The molecule has 0 bridgehead atoms. The number of carbonyl (C=O) groups is 1. The van der Waals surface area contributed by atoms with Gasteiger partial charge in [0.05, 0.1) is 12.3 Å². The molecule has 2 heterocycles. The molecule has 1 amide bonds. The van der Waals surface area contributed by atoms with E-state index in [-0.39, 0.29) is 29.9 Å². The van der Waals surface area contributed by atoms with Gasteiger partial charge < -0.3 is 9.64 Å². The van der Waals surface area contributed by atoms with E-state index in [1.54, 1.807) is 0 Å². The molecule has 2 fully saturated rings. The largest absolute Gasteiger partial charge is 0.381 e. The van der Waals surface area contributed by atoms with Crippen LogP contribution in [0.4, 0.5) is 10.1 Å². The smallest absolute Gasteiger partial charge is 0.247 e. The van der Waals surface area contributed by atoms with Crippen molar-refractivity contribution in [1.29, 1.82) is 0 Å². The maximum atomic E-state index is 12.9. The lowest BCUT2D eigenvalue weighted by atomic mass is 10.0. The third-order valence-corrected chi connectivity index (χ3v) is 5.74. The summed E-state index contributed by atoms with van der Waals surface area (Å²) >= 11 is 0. The molecule has 1 aromatic rings. The summed E-state index contributed by atoms with van der Waals surface area (Å²) in [6, 6.07) is 4.81. The summed E-state index contributed by atoms with van der Waals surface area (Å²) in [5, 5.41) is 0. The third kappa shape index (κ3) is 3.88. The minimum absolute atomic E-state index is 0.0245. The number of hydrogen-bond acceptors (Lipinski definition) is 4. The summed E-state index contributed by atoms with van der Waals surface area (Å²) in [6.07, 6.45) is 1.45. The van der Waals surface area contributed by atoms with Gasteiger partial charge in [-0.15, -0.1) is 0 Å². The second-order valence-electron chi connectivity index (χ2n) is 5.93. The second kappa shape index (κ2) is 6.54. The van der Waals surface area contributed by atoms with E-state index in [2.05, 4.69) is 4.72 Å². The fraction of sp³-hybridized carbons (Fsp3) is 0.533. The Hall–Kier alpha value is -1.51. The van der Waals surface area contributed by atoms with E-state index in [1.807, 2.05) is 0 Å². The molecule has 0 spiro atoms. The van der Waals surface area contributed by atoms with Crippen molar-refractivity contribution in [2.75, 3.05) is 30.4 Å². The van der Waals surface area contributed by atoms with E-state index in [4.69, 9.17) is 4.74 Å². The monoisotopic (exact) mass is 342 g/mol. The Bertz CT molecular complexity index is 671. The molecule has 1 atom stereocenters. The predicted octanol–water partition coefficient (Wildman–Crippen LogP) is 0.887. The highest BCUT2D eigenvalue weighted by Crippen LogP contribution is 2.23. The zero-order chi connectivity index (χ0) is 16.4. The maximum Gasteiger partial charge on any atom is 0.247 e. The highest BCUT2D eigenvalue weighted by molar-refractivity contribution is 7.89. The van der Waals surface area contributed by atoms with Crippen LogP contribution in [0.3, 0.4) is 0 Å². The summed E-state index contributed by atoms with van der Waals surface area (Å²) in [7, 11) is -3.50. The highest BCUT2D eigenvalue weighted by Gasteiger charge is 2.40. The molecule has 2 saturated heterocycles. The standard InChI is InChI=1S/C15H19FN2O4S/c16-12-1-3-13(4-2-12)18-9-14(15(18)19)17-23(20,21)10-11-5-7-22-8-6-11/h1-4,11,14,17H,5-10H2/t14-/m0/s1. The Kier molecular flexibility index (Phi) is 4.65. The first-order valence-corrected chi connectivity index (χ1v) is 9.24. The van der Waals surface area contributed by atoms with Gasteiger partial charge in [0.25, 0.3) is 0 Å². The molecule has 1 aromatic carbocycles. The molecule has 6 nitrogen and oxygen atoms in total. The molecule has 23 heavy (non-hydrogen) atoms. The SMILES string of the molecule is O=C1[C@@H](NS(=O)(=O)CC2CCOCC2)CN1c1ccc(F)cc1. The van der Waals surface area contributed by atoms with Gasteiger partial charge in [-0.1, -0.05) is 0 Å². The molecule has 0 unspecified atom stereocenters. The molecule has 0 radical (unpaired) electrons. The normalized spacial score (nSPS) is 22.9. The van der Waals surface area contributed by atoms with E-state index in [9.17, 15) is 17.6 Å². The molecule has 1 N–H and O–H groups in total. The summed E-state index contributed by atoms with van der Waals surface area (Å²) in [5.41, 5.74) is 0.566. The summed E-state index contributed by atoms with van der Waals surface area (Å²) in [4.78, 5) is 13.5. The van der Waals surface area contributed by atoms with Gasteiger partial charge >= 0.3 is 0 Å². The van der Waals surface area contributed by atoms with Crippen molar-refractivity contribution < 1.29 is 22.3 Å². The van der Waals surface area contributed by atoms with Crippen LogP contribution >= 0.6 is 0 Å². The van der Waals surface area contributed by atoms with Gasteiger partial charge in [-0.2, -0.15) is 0 Å². The van der Waals surface area contributed by atoms with Crippen molar-refractivity contribution in [3.8, 4) is 0 Å². The van der Waals surface area contributed by atoms with Gasteiger partial charge in [0.2, 0.25) is 15.9 Å². The van der Waals surface area contributed by atoms with Crippen LogP contribution in [-0.2, 0) is 19.6 Å². The summed E-state index contributed by atoms with van der Waals surface area (Å²) in [5.74, 6) is -0.594. The number of hydrogen-bond donors (Lipinski definition) is 1. The number of nitrogens with zero attached hydrogens (tertiary/aromatic N) is 1. The topological polar surface area (TPSA) is 75.7 Å². The van der Waals surface area contributed by atoms with Crippen molar-refractivity contribution in [2.24, 2.45) is 5.92 Å². The maximum absolute atomic E-state index is 12.9. The van der Waals surface area contributed by atoms with Crippen molar-refractivity contribution in [3.05, 3.63) is 30.1 Å². The van der Waals surface area contributed by atoms with Gasteiger partial charge in [0, 0.05) is 18.9 Å². The molecule has 2 aliphatic rings. The van der Waals surface area contributed by atoms with Crippen LogP contribution in [0.25, 0.3) is 0 Å². The first-order chi connectivity index (χ1) is 10.9. The minimum Gasteiger partial charge on any atom is -0.381 e. The Morgan fingerprint density at radius 1 is 1.22 bits per heavy atom. The number of amides is 1. The van der Waals surface area contributed by atoms with Crippen LogP contribution in [0.5, 0.6) is 0 Å². The van der Waals surface area contributed by atoms with Gasteiger partial charge in [0.1, 0.15) is 11.9 Å². The fourth-order valence-electron chi connectivity index (χ4n) is 2.86. The highest BCUT2D eigenvalue weighted by atomic mass is 32.2. The lowest BCUT2D eigenvalue weighted by Crippen LogP contribution is -2.64. The molecular weight excluding hydrogens is 323 g/mol. The Labute approximate surface area is 134 Å². The average molecular weight is 342 g/mol.